The summed E-state index contributed by atoms with van der Waals surface area (Å²) in [5.41, 5.74) is 1.42. The normalized spacial score (nSPS) is 15.3. The Morgan fingerprint density at radius 3 is 2.71 bits per heavy atom. The first-order chi connectivity index (χ1) is 13.6. The van der Waals surface area contributed by atoms with Gasteiger partial charge in [0.05, 0.1) is 12.2 Å². The summed E-state index contributed by atoms with van der Waals surface area (Å²) in [4.78, 5) is 23.6. The maximum atomic E-state index is 12.7. The van der Waals surface area contributed by atoms with Crippen molar-refractivity contribution in [3.63, 3.8) is 0 Å². The lowest BCUT2D eigenvalue weighted by molar-refractivity contribution is 0.0700. The highest BCUT2D eigenvalue weighted by atomic mass is 16.5. The summed E-state index contributed by atoms with van der Waals surface area (Å²) in [6.45, 7) is 6.15. The number of hydrogen-bond acceptors (Lipinski definition) is 5. The van der Waals surface area contributed by atoms with Crippen LogP contribution in [-0.4, -0.2) is 43.6 Å². The monoisotopic (exact) mass is 379 g/mol. The fourth-order valence-corrected chi connectivity index (χ4v) is 3.65. The highest BCUT2D eigenvalue weighted by Crippen LogP contribution is 2.28. The molecule has 7 heteroatoms. The van der Waals surface area contributed by atoms with E-state index in [4.69, 9.17) is 4.52 Å². The van der Waals surface area contributed by atoms with Gasteiger partial charge in [0.25, 0.3) is 5.91 Å². The van der Waals surface area contributed by atoms with Gasteiger partial charge in [-0.3, -0.25) is 9.78 Å². The molecule has 0 atom stereocenters. The molecule has 0 spiro atoms. The molecule has 4 heterocycles. The third kappa shape index (κ3) is 3.83. The van der Waals surface area contributed by atoms with E-state index in [0.717, 1.165) is 30.1 Å². The largest absolute Gasteiger partial charge is 0.360 e. The van der Waals surface area contributed by atoms with Crippen molar-refractivity contribution in [2.24, 2.45) is 0 Å². The second-order valence-corrected chi connectivity index (χ2v) is 7.57. The molecule has 28 heavy (non-hydrogen) atoms. The third-order valence-electron chi connectivity index (χ3n) is 5.27. The van der Waals surface area contributed by atoms with Crippen molar-refractivity contribution in [1.82, 2.24) is 24.6 Å². The van der Waals surface area contributed by atoms with Crippen molar-refractivity contribution in [2.45, 2.75) is 45.1 Å². The summed E-state index contributed by atoms with van der Waals surface area (Å²) in [6.07, 6.45) is 7.44. The van der Waals surface area contributed by atoms with Crippen molar-refractivity contribution in [2.75, 3.05) is 13.1 Å². The fourth-order valence-electron chi connectivity index (χ4n) is 3.65. The van der Waals surface area contributed by atoms with Crippen molar-refractivity contribution in [3.8, 4) is 0 Å². The van der Waals surface area contributed by atoms with E-state index in [1.165, 1.54) is 0 Å². The molecular weight excluding hydrogens is 354 g/mol. The number of imidazole rings is 1. The smallest absolute Gasteiger partial charge is 0.276 e. The summed E-state index contributed by atoms with van der Waals surface area (Å²) >= 11 is 0. The van der Waals surface area contributed by atoms with Crippen LogP contribution >= 0.6 is 0 Å². The number of pyridine rings is 1. The molecule has 0 aromatic carbocycles. The first-order valence-electron chi connectivity index (χ1n) is 9.78. The maximum Gasteiger partial charge on any atom is 0.276 e. The molecule has 0 N–H and O–H groups in total. The Balaban J connectivity index is 1.39. The molecule has 1 fully saturated rings. The molecule has 3 aromatic heterocycles. The average Bonchev–Trinajstić information content (AvgIpc) is 3.38. The predicted molar refractivity (Wildman–Crippen MR) is 104 cm³/mol. The number of piperidine rings is 1. The van der Waals surface area contributed by atoms with Gasteiger partial charge >= 0.3 is 0 Å². The van der Waals surface area contributed by atoms with Crippen molar-refractivity contribution in [1.29, 1.82) is 0 Å². The number of likely N-dealkylation sites (tertiary alicyclic amines) is 1. The first-order valence-corrected chi connectivity index (χ1v) is 9.78. The lowest BCUT2D eigenvalue weighted by Gasteiger charge is -2.31. The predicted octanol–water partition coefficient (Wildman–Crippen LogP) is 3.46. The second-order valence-electron chi connectivity index (χ2n) is 7.57. The van der Waals surface area contributed by atoms with E-state index in [1.54, 1.807) is 6.07 Å². The Bertz CT molecular complexity index is 923. The molecule has 0 unspecified atom stereocenters. The van der Waals surface area contributed by atoms with Crippen LogP contribution < -0.4 is 0 Å². The SMILES string of the molecule is CC(C)c1cc(C(=O)N2CCC(c3nccn3Cc3ccccn3)CC2)no1. The van der Waals surface area contributed by atoms with E-state index in [-0.39, 0.29) is 11.8 Å². The molecule has 0 saturated carbocycles. The van der Waals surface area contributed by atoms with Crippen LogP contribution in [-0.2, 0) is 6.54 Å². The molecule has 0 radical (unpaired) electrons. The van der Waals surface area contributed by atoms with E-state index in [9.17, 15) is 4.79 Å². The second kappa shape index (κ2) is 7.96. The Morgan fingerprint density at radius 2 is 2.04 bits per heavy atom. The van der Waals surface area contributed by atoms with Crippen LogP contribution in [0.25, 0.3) is 0 Å². The molecule has 0 aliphatic carbocycles. The zero-order valence-electron chi connectivity index (χ0n) is 16.3. The quantitative estimate of drug-likeness (QED) is 0.678. The lowest BCUT2D eigenvalue weighted by atomic mass is 9.95. The van der Waals surface area contributed by atoms with Crippen molar-refractivity contribution < 1.29 is 9.32 Å². The summed E-state index contributed by atoms with van der Waals surface area (Å²) in [5, 5.41) is 3.95. The maximum absolute atomic E-state index is 12.7. The van der Waals surface area contributed by atoms with Crippen LogP contribution in [0.3, 0.4) is 0 Å². The van der Waals surface area contributed by atoms with E-state index in [2.05, 4.69) is 19.7 Å². The summed E-state index contributed by atoms with van der Waals surface area (Å²) in [5.74, 6) is 2.33. The fraction of sp³-hybridized carbons (Fsp3) is 0.429. The molecule has 1 aliphatic heterocycles. The number of rotatable bonds is 5. The average molecular weight is 379 g/mol. The Hall–Kier alpha value is -2.96. The number of carbonyl (C=O) groups is 1. The van der Waals surface area contributed by atoms with Crippen LogP contribution in [0.2, 0.25) is 0 Å². The van der Waals surface area contributed by atoms with Gasteiger partial charge in [-0.25, -0.2) is 4.98 Å². The molecule has 0 bridgehead atoms. The zero-order chi connectivity index (χ0) is 19.5. The zero-order valence-corrected chi connectivity index (χ0v) is 16.3. The molecule has 7 nitrogen and oxygen atoms in total. The summed E-state index contributed by atoms with van der Waals surface area (Å²) in [7, 11) is 0. The van der Waals surface area contributed by atoms with E-state index >= 15 is 0 Å². The van der Waals surface area contributed by atoms with E-state index < -0.39 is 0 Å². The van der Waals surface area contributed by atoms with Crippen LogP contribution in [0.4, 0.5) is 0 Å². The first kappa shape index (κ1) is 18.4. The number of amides is 1. The number of nitrogens with zero attached hydrogens (tertiary/aromatic N) is 5. The number of hydrogen-bond donors (Lipinski definition) is 0. The highest BCUT2D eigenvalue weighted by Gasteiger charge is 2.28. The van der Waals surface area contributed by atoms with Gasteiger partial charge in [-0.1, -0.05) is 25.1 Å². The molecule has 146 valence electrons. The highest BCUT2D eigenvalue weighted by molar-refractivity contribution is 5.92. The minimum atomic E-state index is -0.0501. The Kier molecular flexibility index (Phi) is 5.23. The van der Waals surface area contributed by atoms with Crippen LogP contribution in [0, 0.1) is 0 Å². The Labute approximate surface area is 164 Å². The van der Waals surface area contributed by atoms with Gasteiger partial charge in [-0.05, 0) is 25.0 Å². The number of aromatic nitrogens is 4. The van der Waals surface area contributed by atoms with Crippen molar-refractivity contribution in [3.05, 3.63) is 65.8 Å². The minimum absolute atomic E-state index is 0.0501. The molecule has 1 aliphatic rings. The summed E-state index contributed by atoms with van der Waals surface area (Å²) < 4.78 is 7.44. The van der Waals surface area contributed by atoms with Gasteiger partial charge in [-0.2, -0.15) is 0 Å². The molecular formula is C21H25N5O2. The van der Waals surface area contributed by atoms with Gasteiger partial charge < -0.3 is 14.0 Å². The van der Waals surface area contributed by atoms with Crippen molar-refractivity contribution >= 4 is 5.91 Å². The Morgan fingerprint density at radius 1 is 1.21 bits per heavy atom. The van der Waals surface area contributed by atoms with E-state index in [0.29, 0.717) is 31.2 Å². The number of carbonyl (C=O) groups excluding carboxylic acids is 1. The van der Waals surface area contributed by atoms with Crippen LogP contribution in [0.15, 0.2) is 47.4 Å². The van der Waals surface area contributed by atoms with Gasteiger partial charge in [0.2, 0.25) is 0 Å². The topological polar surface area (TPSA) is 77.1 Å². The van der Waals surface area contributed by atoms with Crippen LogP contribution in [0.1, 0.15) is 66.3 Å². The molecule has 1 amide bonds. The molecule has 4 rings (SSSR count). The van der Waals surface area contributed by atoms with Crippen LogP contribution in [0.5, 0.6) is 0 Å². The molecule has 1 saturated heterocycles. The van der Waals surface area contributed by atoms with Gasteiger partial charge in [0, 0.05) is 49.6 Å². The van der Waals surface area contributed by atoms with Gasteiger partial charge in [0.15, 0.2) is 5.69 Å². The summed E-state index contributed by atoms with van der Waals surface area (Å²) in [6, 6.07) is 7.70. The lowest BCUT2D eigenvalue weighted by Crippen LogP contribution is -2.38. The van der Waals surface area contributed by atoms with Gasteiger partial charge in [0.1, 0.15) is 11.6 Å². The molecule has 3 aromatic rings. The van der Waals surface area contributed by atoms with E-state index in [1.807, 2.05) is 55.5 Å². The van der Waals surface area contributed by atoms with Gasteiger partial charge in [-0.15, -0.1) is 0 Å². The standard InChI is InChI=1S/C21H25N5O2/c1-15(2)19-13-18(24-28-19)21(27)25-10-6-16(7-11-25)20-23-9-12-26(20)14-17-5-3-4-8-22-17/h3-5,8-9,12-13,15-16H,6-7,10-11,14H2,1-2H3. The minimum Gasteiger partial charge on any atom is -0.360 e. The third-order valence-corrected chi connectivity index (χ3v) is 5.27.